The Bertz CT molecular complexity index is 1020. The normalized spacial score (nSPS) is 16.5. The number of carbonyl (C=O) groups excluding carboxylic acids is 2. The van der Waals surface area contributed by atoms with E-state index in [9.17, 15) is 19.5 Å². The lowest BCUT2D eigenvalue weighted by Crippen LogP contribution is -2.51. The smallest absolute Gasteiger partial charge is 0.407 e. The number of hydrogen-bond donors (Lipinski definition) is 3. The van der Waals surface area contributed by atoms with Gasteiger partial charge in [-0.05, 0) is 49.2 Å². The Labute approximate surface area is 192 Å². The Morgan fingerprint density at radius 3 is 2.15 bits per heavy atom. The standard InChI is InChI=1S/C25H29N3O5/c1-28(2)13-21(22(29)30)27-23(31)25(11-12-25)15-26-24(32)33-14-20-18-9-5-3-7-16(18)17-8-4-6-10-19(17)20/h3-10,20-21H,11-15H2,1-2H3,(H,26,32)(H,27,31)(H,29,30)/t21-/m0/s1. The molecule has 8 nitrogen and oxygen atoms in total. The van der Waals surface area contributed by atoms with Gasteiger partial charge in [-0.25, -0.2) is 9.59 Å². The van der Waals surface area contributed by atoms with Crippen LogP contribution in [0, 0.1) is 5.41 Å². The van der Waals surface area contributed by atoms with Crippen molar-refractivity contribution in [3.8, 4) is 11.1 Å². The summed E-state index contributed by atoms with van der Waals surface area (Å²) in [5.41, 5.74) is 3.80. The summed E-state index contributed by atoms with van der Waals surface area (Å²) >= 11 is 0. The highest BCUT2D eigenvalue weighted by Gasteiger charge is 2.50. The van der Waals surface area contributed by atoms with Crippen LogP contribution in [0.2, 0.25) is 0 Å². The summed E-state index contributed by atoms with van der Waals surface area (Å²) in [5.74, 6) is -1.48. The molecule has 2 aromatic carbocycles. The topological polar surface area (TPSA) is 108 Å². The lowest BCUT2D eigenvalue weighted by Gasteiger charge is -2.22. The third-order valence-electron chi connectivity index (χ3n) is 6.40. The van der Waals surface area contributed by atoms with Crippen LogP contribution in [0.4, 0.5) is 4.79 Å². The van der Waals surface area contributed by atoms with Gasteiger partial charge in [0.2, 0.25) is 5.91 Å². The highest BCUT2D eigenvalue weighted by atomic mass is 16.5. The number of likely N-dealkylation sites (N-methyl/N-ethyl adjacent to an activating group) is 1. The number of carboxylic acids is 1. The summed E-state index contributed by atoms with van der Waals surface area (Å²) < 4.78 is 5.53. The van der Waals surface area contributed by atoms with Crippen LogP contribution in [0.3, 0.4) is 0 Å². The van der Waals surface area contributed by atoms with Crippen molar-refractivity contribution >= 4 is 18.0 Å². The molecule has 4 rings (SSSR count). The second kappa shape index (κ2) is 9.23. The Morgan fingerprint density at radius 2 is 1.64 bits per heavy atom. The van der Waals surface area contributed by atoms with E-state index in [1.165, 1.54) is 0 Å². The molecule has 3 N–H and O–H groups in total. The molecular weight excluding hydrogens is 422 g/mol. The molecule has 0 radical (unpaired) electrons. The summed E-state index contributed by atoms with van der Waals surface area (Å²) in [4.78, 5) is 38.3. The largest absolute Gasteiger partial charge is 0.480 e. The van der Waals surface area contributed by atoms with Crippen LogP contribution in [0.25, 0.3) is 11.1 Å². The second-order valence-electron chi connectivity index (χ2n) is 9.09. The minimum atomic E-state index is -1.09. The first-order chi connectivity index (χ1) is 15.8. The number of carboxylic acid groups (broad SMARTS) is 1. The van der Waals surface area contributed by atoms with Gasteiger partial charge in [0.05, 0.1) is 5.41 Å². The minimum absolute atomic E-state index is 0.0382. The summed E-state index contributed by atoms with van der Waals surface area (Å²) in [6.07, 6.45) is 0.604. The van der Waals surface area contributed by atoms with Crippen molar-refractivity contribution in [1.82, 2.24) is 15.5 Å². The first kappa shape index (κ1) is 22.8. The van der Waals surface area contributed by atoms with Crippen molar-refractivity contribution in [2.24, 2.45) is 5.41 Å². The zero-order chi connectivity index (χ0) is 23.6. The second-order valence-corrected chi connectivity index (χ2v) is 9.09. The number of alkyl carbamates (subject to hydrolysis) is 1. The van der Waals surface area contributed by atoms with Gasteiger partial charge in [-0.15, -0.1) is 0 Å². The average Bonchev–Trinajstić information content (AvgIpc) is 3.52. The number of aliphatic carboxylic acids is 1. The van der Waals surface area contributed by atoms with Crippen molar-refractivity contribution in [2.75, 3.05) is 33.8 Å². The van der Waals surface area contributed by atoms with Crippen LogP contribution in [-0.4, -0.2) is 67.8 Å². The lowest BCUT2D eigenvalue weighted by molar-refractivity contribution is -0.143. The van der Waals surface area contributed by atoms with Gasteiger partial charge in [-0.1, -0.05) is 48.5 Å². The molecule has 2 aliphatic rings. The number of nitrogens with one attached hydrogen (secondary N) is 2. The number of nitrogens with zero attached hydrogens (tertiary/aromatic N) is 1. The average molecular weight is 452 g/mol. The zero-order valence-corrected chi connectivity index (χ0v) is 18.8. The van der Waals surface area contributed by atoms with Crippen LogP contribution in [-0.2, 0) is 14.3 Å². The summed E-state index contributed by atoms with van der Waals surface area (Å²) in [6.45, 7) is 0.504. The van der Waals surface area contributed by atoms with E-state index in [1.807, 2.05) is 24.3 Å². The van der Waals surface area contributed by atoms with Gasteiger partial charge in [0, 0.05) is 19.0 Å². The number of fused-ring (bicyclic) bond motifs is 3. The van der Waals surface area contributed by atoms with Crippen molar-refractivity contribution < 1.29 is 24.2 Å². The predicted molar refractivity (Wildman–Crippen MR) is 123 cm³/mol. The minimum Gasteiger partial charge on any atom is -0.480 e. The maximum Gasteiger partial charge on any atom is 0.407 e. The van der Waals surface area contributed by atoms with Crippen molar-refractivity contribution in [2.45, 2.75) is 24.8 Å². The Balaban J connectivity index is 1.32. The molecule has 174 valence electrons. The molecule has 0 bridgehead atoms. The quantitative estimate of drug-likeness (QED) is 0.541. The number of rotatable bonds is 9. The van der Waals surface area contributed by atoms with E-state index in [-0.39, 0.29) is 31.5 Å². The highest BCUT2D eigenvalue weighted by Crippen LogP contribution is 2.46. The molecule has 0 spiro atoms. The molecule has 0 saturated heterocycles. The van der Waals surface area contributed by atoms with Crippen LogP contribution in [0.1, 0.15) is 29.9 Å². The fourth-order valence-electron chi connectivity index (χ4n) is 4.39. The number of amides is 2. The number of benzene rings is 2. The lowest BCUT2D eigenvalue weighted by atomic mass is 9.98. The molecule has 8 heteroatoms. The number of hydrogen-bond acceptors (Lipinski definition) is 5. The van der Waals surface area contributed by atoms with Gasteiger partial charge in [-0.3, -0.25) is 4.79 Å². The van der Waals surface area contributed by atoms with Gasteiger partial charge in [0.25, 0.3) is 0 Å². The molecule has 1 atom stereocenters. The molecule has 0 aromatic heterocycles. The van der Waals surface area contributed by atoms with Crippen molar-refractivity contribution in [3.63, 3.8) is 0 Å². The van der Waals surface area contributed by atoms with E-state index in [0.29, 0.717) is 12.8 Å². The van der Waals surface area contributed by atoms with Gasteiger partial charge >= 0.3 is 12.1 Å². The molecule has 2 aromatic rings. The first-order valence-electron chi connectivity index (χ1n) is 11.1. The number of ether oxygens (including phenoxy) is 1. The van der Waals surface area contributed by atoms with E-state index in [1.54, 1.807) is 19.0 Å². The fourth-order valence-corrected chi connectivity index (χ4v) is 4.39. The fraction of sp³-hybridized carbons (Fsp3) is 0.400. The van der Waals surface area contributed by atoms with Crippen LogP contribution in [0.5, 0.6) is 0 Å². The summed E-state index contributed by atoms with van der Waals surface area (Å²) in [5, 5.41) is 14.7. The first-order valence-corrected chi connectivity index (χ1v) is 11.1. The van der Waals surface area contributed by atoms with E-state index in [2.05, 4.69) is 34.9 Å². The number of carbonyl (C=O) groups is 3. The summed E-state index contributed by atoms with van der Waals surface area (Å²) in [6, 6.07) is 15.2. The SMILES string of the molecule is CN(C)C[C@H](NC(=O)C1(CNC(=O)OCC2c3ccccc3-c3ccccc32)CC1)C(=O)O. The van der Waals surface area contributed by atoms with E-state index in [4.69, 9.17) is 4.74 Å². The van der Waals surface area contributed by atoms with Gasteiger partial charge in [0.1, 0.15) is 12.6 Å². The predicted octanol–water partition coefficient (Wildman–Crippen LogP) is 2.44. The van der Waals surface area contributed by atoms with Gasteiger partial charge in [0.15, 0.2) is 0 Å². The maximum atomic E-state index is 12.7. The Hall–Kier alpha value is -3.39. The molecule has 0 unspecified atom stereocenters. The zero-order valence-electron chi connectivity index (χ0n) is 18.8. The third-order valence-corrected chi connectivity index (χ3v) is 6.40. The van der Waals surface area contributed by atoms with Crippen molar-refractivity contribution in [3.05, 3.63) is 59.7 Å². The van der Waals surface area contributed by atoms with Gasteiger partial charge < -0.3 is 25.4 Å². The van der Waals surface area contributed by atoms with E-state index in [0.717, 1.165) is 22.3 Å². The molecule has 0 heterocycles. The monoisotopic (exact) mass is 451 g/mol. The maximum absolute atomic E-state index is 12.7. The third kappa shape index (κ3) is 4.85. The van der Waals surface area contributed by atoms with E-state index < -0.39 is 23.5 Å². The van der Waals surface area contributed by atoms with Crippen molar-refractivity contribution in [1.29, 1.82) is 0 Å². The molecule has 2 amide bonds. The highest BCUT2D eigenvalue weighted by molar-refractivity contribution is 5.90. The Morgan fingerprint density at radius 1 is 1.06 bits per heavy atom. The molecule has 2 aliphatic carbocycles. The Kier molecular flexibility index (Phi) is 6.37. The molecule has 1 fully saturated rings. The van der Waals surface area contributed by atoms with Gasteiger partial charge in [-0.2, -0.15) is 0 Å². The molecule has 1 saturated carbocycles. The van der Waals surface area contributed by atoms with Crippen LogP contribution in [0.15, 0.2) is 48.5 Å². The van der Waals surface area contributed by atoms with Crippen LogP contribution >= 0.6 is 0 Å². The molecule has 0 aliphatic heterocycles. The van der Waals surface area contributed by atoms with Crippen LogP contribution < -0.4 is 10.6 Å². The molecule has 33 heavy (non-hydrogen) atoms. The van der Waals surface area contributed by atoms with E-state index >= 15 is 0 Å². The summed E-state index contributed by atoms with van der Waals surface area (Å²) in [7, 11) is 3.49. The molecular formula is C25H29N3O5.